The fourth-order valence-corrected chi connectivity index (χ4v) is 2.14. The monoisotopic (exact) mass is 281 g/mol. The minimum atomic E-state index is -1.19. The van der Waals surface area contributed by atoms with Gasteiger partial charge in [-0.2, -0.15) is 0 Å². The number of amides is 1. The molecule has 4 nitrogen and oxygen atoms in total. The molecule has 0 unspecified atom stereocenters. The molecule has 0 saturated heterocycles. The van der Waals surface area contributed by atoms with E-state index in [0.29, 0.717) is 0 Å². The molecule has 1 rings (SSSR count). The van der Waals surface area contributed by atoms with Crippen molar-refractivity contribution in [3.8, 4) is 0 Å². The normalized spacial score (nSPS) is 10.6. The zero-order chi connectivity index (χ0) is 15.1. The minimum absolute atomic E-state index is 0.0136. The van der Waals surface area contributed by atoms with Gasteiger partial charge in [0.2, 0.25) is 5.91 Å². The van der Waals surface area contributed by atoms with E-state index in [1.165, 1.54) is 0 Å². The Morgan fingerprint density at radius 2 is 1.85 bits per heavy atom. The highest BCUT2D eigenvalue weighted by Gasteiger charge is 2.19. The van der Waals surface area contributed by atoms with Gasteiger partial charge in [0.05, 0.1) is 11.3 Å². The Kier molecular flexibility index (Phi) is 6.15. The summed E-state index contributed by atoms with van der Waals surface area (Å²) in [6.45, 7) is 3.97. The second-order valence-electron chi connectivity index (χ2n) is 4.76. The fourth-order valence-electron chi connectivity index (χ4n) is 2.14. The van der Waals surface area contributed by atoms with Gasteiger partial charge in [-0.25, -0.2) is 9.18 Å². The molecular weight excluding hydrogens is 261 g/mol. The van der Waals surface area contributed by atoms with E-state index in [1.54, 1.807) is 0 Å². The maximum Gasteiger partial charge on any atom is 0.337 e. The van der Waals surface area contributed by atoms with Crippen LogP contribution in [-0.4, -0.2) is 17.0 Å². The van der Waals surface area contributed by atoms with Crippen LogP contribution >= 0.6 is 0 Å². The summed E-state index contributed by atoms with van der Waals surface area (Å²) in [5.41, 5.74) is -0.0915. The first kappa shape index (κ1) is 16.1. The maximum absolute atomic E-state index is 13.2. The molecule has 0 aliphatic rings. The van der Waals surface area contributed by atoms with Gasteiger partial charge in [-0.15, -0.1) is 0 Å². The molecule has 5 heteroatoms. The van der Waals surface area contributed by atoms with E-state index in [1.807, 2.05) is 13.8 Å². The standard InChI is InChI=1S/C15H20FNO3/c1-3-5-10(6-4-2)14(18)17-13-9-11(16)7-8-12(13)15(19)20/h7-10H,3-6H2,1-2H3,(H,17,18)(H,19,20). The molecule has 20 heavy (non-hydrogen) atoms. The number of aromatic carboxylic acids is 1. The number of nitrogens with one attached hydrogen (secondary N) is 1. The summed E-state index contributed by atoms with van der Waals surface area (Å²) in [5.74, 6) is -2.19. The number of anilines is 1. The predicted octanol–water partition coefficient (Wildman–Crippen LogP) is 3.68. The van der Waals surface area contributed by atoms with E-state index in [-0.39, 0.29) is 23.1 Å². The first-order chi connectivity index (χ1) is 9.49. The van der Waals surface area contributed by atoms with Crippen molar-refractivity contribution < 1.29 is 19.1 Å². The number of carboxylic acid groups (broad SMARTS) is 1. The summed E-state index contributed by atoms with van der Waals surface area (Å²) < 4.78 is 13.2. The van der Waals surface area contributed by atoms with Crippen LogP contribution in [0.25, 0.3) is 0 Å². The molecular formula is C15H20FNO3. The highest BCUT2D eigenvalue weighted by molar-refractivity contribution is 6.01. The summed E-state index contributed by atoms with van der Waals surface area (Å²) in [4.78, 5) is 23.2. The van der Waals surface area contributed by atoms with E-state index in [0.717, 1.165) is 43.9 Å². The maximum atomic E-state index is 13.2. The molecule has 1 aromatic rings. The molecule has 1 aromatic carbocycles. The van der Waals surface area contributed by atoms with Crippen molar-refractivity contribution in [2.45, 2.75) is 39.5 Å². The molecule has 0 aliphatic carbocycles. The van der Waals surface area contributed by atoms with Crippen LogP contribution in [0.4, 0.5) is 10.1 Å². The van der Waals surface area contributed by atoms with Crippen molar-refractivity contribution in [2.75, 3.05) is 5.32 Å². The van der Waals surface area contributed by atoms with Gasteiger partial charge in [-0.3, -0.25) is 4.79 Å². The Morgan fingerprint density at radius 1 is 1.25 bits per heavy atom. The summed E-state index contributed by atoms with van der Waals surface area (Å²) >= 11 is 0. The van der Waals surface area contributed by atoms with Gasteiger partial charge >= 0.3 is 5.97 Å². The molecule has 0 aromatic heterocycles. The number of hydrogen-bond acceptors (Lipinski definition) is 2. The van der Waals surface area contributed by atoms with E-state index in [9.17, 15) is 14.0 Å². The van der Waals surface area contributed by atoms with Gasteiger partial charge in [-0.1, -0.05) is 26.7 Å². The van der Waals surface area contributed by atoms with Gasteiger partial charge in [-0.05, 0) is 31.0 Å². The number of hydrogen-bond donors (Lipinski definition) is 2. The molecule has 0 atom stereocenters. The molecule has 0 saturated carbocycles. The second-order valence-corrected chi connectivity index (χ2v) is 4.76. The third-order valence-electron chi connectivity index (χ3n) is 3.11. The molecule has 0 spiro atoms. The molecule has 2 N–H and O–H groups in total. The molecule has 0 fully saturated rings. The Bertz CT molecular complexity index is 482. The number of carboxylic acids is 1. The summed E-state index contributed by atoms with van der Waals surface area (Å²) in [5, 5.41) is 11.6. The van der Waals surface area contributed by atoms with Gasteiger partial charge in [0.1, 0.15) is 5.82 Å². The van der Waals surface area contributed by atoms with Crippen LogP contribution in [0.5, 0.6) is 0 Å². The van der Waals surface area contributed by atoms with Crippen LogP contribution in [0.3, 0.4) is 0 Å². The number of carbonyl (C=O) groups excluding carboxylic acids is 1. The number of rotatable bonds is 7. The topological polar surface area (TPSA) is 66.4 Å². The zero-order valence-corrected chi connectivity index (χ0v) is 11.8. The quantitative estimate of drug-likeness (QED) is 0.801. The summed E-state index contributed by atoms with van der Waals surface area (Å²) in [6.07, 6.45) is 3.20. The molecule has 0 heterocycles. The fraction of sp³-hybridized carbons (Fsp3) is 0.467. The summed E-state index contributed by atoms with van der Waals surface area (Å²) in [6, 6.07) is 3.26. The SMILES string of the molecule is CCCC(CCC)C(=O)Nc1cc(F)ccc1C(=O)O. The predicted molar refractivity (Wildman–Crippen MR) is 75.3 cm³/mol. The molecule has 1 amide bonds. The third-order valence-corrected chi connectivity index (χ3v) is 3.11. The number of carbonyl (C=O) groups is 2. The van der Waals surface area contributed by atoms with E-state index < -0.39 is 11.8 Å². The van der Waals surface area contributed by atoms with Crippen molar-refractivity contribution in [3.63, 3.8) is 0 Å². The van der Waals surface area contributed by atoms with Crippen LogP contribution in [0.15, 0.2) is 18.2 Å². The van der Waals surface area contributed by atoms with Crippen LogP contribution in [0.2, 0.25) is 0 Å². The Hall–Kier alpha value is -1.91. The van der Waals surface area contributed by atoms with Crippen molar-refractivity contribution >= 4 is 17.6 Å². The first-order valence-corrected chi connectivity index (χ1v) is 6.83. The van der Waals surface area contributed by atoms with Gasteiger partial charge in [0.15, 0.2) is 0 Å². The van der Waals surface area contributed by atoms with E-state index >= 15 is 0 Å². The number of halogens is 1. The van der Waals surface area contributed by atoms with Crippen molar-refractivity contribution in [2.24, 2.45) is 5.92 Å². The average molecular weight is 281 g/mol. The summed E-state index contributed by atoms with van der Waals surface area (Å²) in [7, 11) is 0. The van der Waals surface area contributed by atoms with Crippen LogP contribution in [0, 0.1) is 11.7 Å². The van der Waals surface area contributed by atoms with Crippen molar-refractivity contribution in [3.05, 3.63) is 29.6 Å². The molecule has 0 aliphatic heterocycles. The highest BCUT2D eigenvalue weighted by Crippen LogP contribution is 2.21. The van der Waals surface area contributed by atoms with Crippen LogP contribution in [-0.2, 0) is 4.79 Å². The van der Waals surface area contributed by atoms with Gasteiger partial charge in [0.25, 0.3) is 0 Å². The first-order valence-electron chi connectivity index (χ1n) is 6.83. The average Bonchev–Trinajstić information content (AvgIpc) is 2.38. The highest BCUT2D eigenvalue weighted by atomic mass is 19.1. The minimum Gasteiger partial charge on any atom is -0.478 e. The van der Waals surface area contributed by atoms with E-state index in [2.05, 4.69) is 5.32 Å². The van der Waals surface area contributed by atoms with Gasteiger partial charge in [0, 0.05) is 5.92 Å². The Balaban J connectivity index is 2.93. The molecule has 0 radical (unpaired) electrons. The number of benzene rings is 1. The molecule has 0 bridgehead atoms. The van der Waals surface area contributed by atoms with Crippen molar-refractivity contribution in [1.29, 1.82) is 0 Å². The lowest BCUT2D eigenvalue weighted by molar-refractivity contribution is -0.120. The second kappa shape index (κ2) is 7.62. The lowest BCUT2D eigenvalue weighted by atomic mass is 9.97. The zero-order valence-electron chi connectivity index (χ0n) is 11.8. The smallest absolute Gasteiger partial charge is 0.337 e. The lowest BCUT2D eigenvalue weighted by Gasteiger charge is -2.16. The largest absolute Gasteiger partial charge is 0.478 e. The third kappa shape index (κ3) is 4.33. The van der Waals surface area contributed by atoms with E-state index in [4.69, 9.17) is 5.11 Å². The van der Waals surface area contributed by atoms with Crippen LogP contribution < -0.4 is 5.32 Å². The van der Waals surface area contributed by atoms with Gasteiger partial charge < -0.3 is 10.4 Å². The van der Waals surface area contributed by atoms with Crippen molar-refractivity contribution in [1.82, 2.24) is 0 Å². The lowest BCUT2D eigenvalue weighted by Crippen LogP contribution is -2.24. The Labute approximate surface area is 118 Å². The Morgan fingerprint density at radius 3 is 2.35 bits per heavy atom. The molecule has 110 valence electrons. The van der Waals surface area contributed by atoms with Crippen LogP contribution in [0.1, 0.15) is 49.9 Å².